The maximum Gasteiger partial charge on any atom is 0.277 e. The van der Waals surface area contributed by atoms with Gasteiger partial charge in [-0.15, -0.1) is 0 Å². The fourth-order valence-corrected chi connectivity index (χ4v) is 3.65. The van der Waals surface area contributed by atoms with Crippen molar-refractivity contribution in [2.45, 2.75) is 26.2 Å². The Balaban J connectivity index is 1.71. The molecule has 1 aliphatic rings. The average Bonchev–Trinajstić information content (AvgIpc) is 3.24. The van der Waals surface area contributed by atoms with Gasteiger partial charge in [0.2, 0.25) is 0 Å². The summed E-state index contributed by atoms with van der Waals surface area (Å²) in [6, 6.07) is 11.8. The number of nitrogens with one attached hydrogen (secondary N) is 1. The van der Waals surface area contributed by atoms with E-state index in [-0.39, 0.29) is 5.91 Å². The van der Waals surface area contributed by atoms with E-state index >= 15 is 0 Å². The second-order valence-corrected chi connectivity index (χ2v) is 6.47. The summed E-state index contributed by atoms with van der Waals surface area (Å²) in [6.45, 7) is 1.91. The molecule has 0 unspecified atom stereocenters. The van der Waals surface area contributed by atoms with Crippen LogP contribution in [0.4, 0.5) is 5.00 Å². The highest BCUT2D eigenvalue weighted by Gasteiger charge is 2.27. The fourth-order valence-electron chi connectivity index (χ4n) is 3.00. The number of fused-ring (bicyclic) bond motifs is 1. The molecule has 0 bridgehead atoms. The van der Waals surface area contributed by atoms with Crippen molar-refractivity contribution >= 4 is 22.4 Å². The molecule has 4 rings (SSSR count). The molecule has 0 saturated carbocycles. The van der Waals surface area contributed by atoms with Crippen molar-refractivity contribution in [3.8, 4) is 5.69 Å². The third-order valence-electron chi connectivity index (χ3n) is 4.01. The molecular formula is C17H16N4OS. The minimum atomic E-state index is -0.151. The Morgan fingerprint density at radius 2 is 2.09 bits per heavy atom. The standard InChI is InChI=1S/C17H16N4OS/c1-11-10-15(23-20-11)18-17(22)16-13-8-5-9-14(13)21(19-16)12-6-3-2-4-7-12/h2-4,6-7,10H,5,8-9H2,1H3,(H,18,22). The van der Waals surface area contributed by atoms with E-state index in [1.54, 1.807) is 0 Å². The maximum absolute atomic E-state index is 12.6. The van der Waals surface area contributed by atoms with Gasteiger partial charge in [0.15, 0.2) is 5.69 Å². The summed E-state index contributed by atoms with van der Waals surface area (Å²) in [5.41, 5.74) is 4.67. The molecule has 23 heavy (non-hydrogen) atoms. The molecule has 1 aromatic carbocycles. The van der Waals surface area contributed by atoms with E-state index < -0.39 is 0 Å². The van der Waals surface area contributed by atoms with Crippen molar-refractivity contribution in [3.05, 3.63) is 59.0 Å². The zero-order valence-electron chi connectivity index (χ0n) is 12.7. The Labute approximate surface area is 138 Å². The number of carbonyl (C=O) groups is 1. The molecule has 5 nitrogen and oxygen atoms in total. The second kappa shape index (κ2) is 5.62. The molecule has 0 aliphatic heterocycles. The summed E-state index contributed by atoms with van der Waals surface area (Å²) < 4.78 is 6.10. The fraction of sp³-hybridized carbons (Fsp3) is 0.235. The van der Waals surface area contributed by atoms with Gasteiger partial charge in [0.1, 0.15) is 5.00 Å². The van der Waals surface area contributed by atoms with E-state index in [1.165, 1.54) is 11.5 Å². The number of nitrogens with zero attached hydrogens (tertiary/aromatic N) is 3. The van der Waals surface area contributed by atoms with Gasteiger partial charge in [0.25, 0.3) is 5.91 Å². The molecule has 0 radical (unpaired) electrons. The molecule has 1 aliphatic carbocycles. The maximum atomic E-state index is 12.6. The van der Waals surface area contributed by atoms with Gasteiger partial charge >= 0.3 is 0 Å². The topological polar surface area (TPSA) is 59.8 Å². The molecule has 0 fully saturated rings. The van der Waals surface area contributed by atoms with Gasteiger partial charge in [0.05, 0.1) is 11.4 Å². The summed E-state index contributed by atoms with van der Waals surface area (Å²) in [5, 5.41) is 8.27. The van der Waals surface area contributed by atoms with Gasteiger partial charge in [-0.2, -0.15) is 9.47 Å². The lowest BCUT2D eigenvalue weighted by molar-refractivity contribution is 0.102. The number of para-hydroxylation sites is 1. The number of anilines is 1. The molecule has 0 spiro atoms. The smallest absolute Gasteiger partial charge is 0.277 e. The van der Waals surface area contributed by atoms with Gasteiger partial charge in [-0.3, -0.25) is 4.79 Å². The van der Waals surface area contributed by atoms with Gasteiger partial charge < -0.3 is 5.32 Å². The van der Waals surface area contributed by atoms with E-state index in [2.05, 4.69) is 14.8 Å². The van der Waals surface area contributed by atoms with E-state index in [4.69, 9.17) is 0 Å². The van der Waals surface area contributed by atoms with Crippen molar-refractivity contribution in [1.29, 1.82) is 0 Å². The number of hydrogen-bond donors (Lipinski definition) is 1. The first-order valence-electron chi connectivity index (χ1n) is 7.63. The minimum absolute atomic E-state index is 0.151. The second-order valence-electron chi connectivity index (χ2n) is 5.66. The van der Waals surface area contributed by atoms with Crippen LogP contribution in [-0.4, -0.2) is 20.1 Å². The molecule has 1 amide bonds. The van der Waals surface area contributed by atoms with Crippen molar-refractivity contribution in [3.63, 3.8) is 0 Å². The third-order valence-corrected chi connectivity index (χ3v) is 4.81. The monoisotopic (exact) mass is 324 g/mol. The zero-order valence-corrected chi connectivity index (χ0v) is 13.6. The van der Waals surface area contributed by atoms with E-state index in [0.29, 0.717) is 5.69 Å². The van der Waals surface area contributed by atoms with Crippen LogP contribution in [-0.2, 0) is 12.8 Å². The summed E-state index contributed by atoms with van der Waals surface area (Å²) >= 11 is 1.29. The Morgan fingerprint density at radius 3 is 2.83 bits per heavy atom. The molecule has 116 valence electrons. The molecule has 0 saturated heterocycles. The Morgan fingerprint density at radius 1 is 1.26 bits per heavy atom. The van der Waals surface area contributed by atoms with Crippen molar-refractivity contribution < 1.29 is 4.79 Å². The Kier molecular flexibility index (Phi) is 3.46. The first kappa shape index (κ1) is 14.1. The first-order chi connectivity index (χ1) is 11.2. The van der Waals surface area contributed by atoms with E-state index in [0.717, 1.165) is 46.9 Å². The molecule has 2 aromatic heterocycles. The van der Waals surface area contributed by atoms with Gasteiger partial charge in [0, 0.05) is 11.3 Å². The number of aryl methyl sites for hydroxylation is 1. The van der Waals surface area contributed by atoms with Crippen LogP contribution < -0.4 is 5.32 Å². The van der Waals surface area contributed by atoms with Gasteiger partial charge in [-0.1, -0.05) is 18.2 Å². The van der Waals surface area contributed by atoms with Crippen LogP contribution in [0.25, 0.3) is 5.69 Å². The van der Waals surface area contributed by atoms with Crippen LogP contribution in [0, 0.1) is 6.92 Å². The third kappa shape index (κ3) is 2.55. The van der Waals surface area contributed by atoms with E-state index in [1.807, 2.05) is 48.0 Å². The molecular weight excluding hydrogens is 308 g/mol. The lowest BCUT2D eigenvalue weighted by atomic mass is 10.2. The highest BCUT2D eigenvalue weighted by molar-refractivity contribution is 7.10. The Bertz CT molecular complexity index is 866. The van der Waals surface area contributed by atoms with Crippen molar-refractivity contribution in [1.82, 2.24) is 14.2 Å². The largest absolute Gasteiger partial charge is 0.311 e. The molecule has 1 N–H and O–H groups in total. The zero-order chi connectivity index (χ0) is 15.8. The van der Waals surface area contributed by atoms with Crippen LogP contribution in [0.1, 0.15) is 33.9 Å². The van der Waals surface area contributed by atoms with Crippen molar-refractivity contribution in [2.75, 3.05) is 5.32 Å². The predicted molar refractivity (Wildman–Crippen MR) is 90.4 cm³/mol. The average molecular weight is 324 g/mol. The number of carbonyl (C=O) groups excluding carboxylic acids is 1. The highest BCUT2D eigenvalue weighted by atomic mass is 32.1. The van der Waals surface area contributed by atoms with Gasteiger partial charge in [-0.05, 0) is 55.9 Å². The lowest BCUT2D eigenvalue weighted by Gasteiger charge is -2.04. The summed E-state index contributed by atoms with van der Waals surface area (Å²) in [7, 11) is 0. The van der Waals surface area contributed by atoms with Crippen LogP contribution in [0.15, 0.2) is 36.4 Å². The SMILES string of the molecule is Cc1cc(NC(=O)c2nn(-c3ccccc3)c3c2CCC3)sn1. The van der Waals surface area contributed by atoms with Crippen LogP contribution >= 0.6 is 11.5 Å². The summed E-state index contributed by atoms with van der Waals surface area (Å²) in [5.74, 6) is -0.151. The quantitative estimate of drug-likeness (QED) is 0.803. The normalized spacial score (nSPS) is 13.1. The summed E-state index contributed by atoms with van der Waals surface area (Å²) in [6.07, 6.45) is 2.94. The van der Waals surface area contributed by atoms with Crippen LogP contribution in [0.3, 0.4) is 0 Å². The number of benzene rings is 1. The highest BCUT2D eigenvalue weighted by Crippen LogP contribution is 2.28. The molecule has 3 aromatic rings. The molecule has 0 atom stereocenters. The lowest BCUT2D eigenvalue weighted by Crippen LogP contribution is -2.14. The van der Waals surface area contributed by atoms with Crippen LogP contribution in [0.2, 0.25) is 0 Å². The molecule has 6 heteroatoms. The first-order valence-corrected chi connectivity index (χ1v) is 8.40. The number of hydrogen-bond acceptors (Lipinski definition) is 4. The van der Waals surface area contributed by atoms with Gasteiger partial charge in [-0.25, -0.2) is 4.68 Å². The number of rotatable bonds is 3. The predicted octanol–water partition coefficient (Wildman–Crippen LogP) is 3.38. The number of amides is 1. The number of aromatic nitrogens is 3. The Hall–Kier alpha value is -2.47. The summed E-state index contributed by atoms with van der Waals surface area (Å²) in [4.78, 5) is 12.6. The van der Waals surface area contributed by atoms with Crippen LogP contribution in [0.5, 0.6) is 0 Å². The molecule has 2 heterocycles. The minimum Gasteiger partial charge on any atom is -0.311 e. The van der Waals surface area contributed by atoms with E-state index in [9.17, 15) is 4.79 Å². The van der Waals surface area contributed by atoms with Crippen molar-refractivity contribution in [2.24, 2.45) is 0 Å².